The number of aryl methyl sites for hydroxylation is 1. The number of carbonyl (C=O) groups excluding carboxylic acids is 1. The van der Waals surface area contributed by atoms with Gasteiger partial charge in [-0.15, -0.1) is 0 Å². The molecule has 0 saturated carbocycles. The van der Waals surface area contributed by atoms with Crippen molar-refractivity contribution in [2.75, 3.05) is 37.0 Å². The Balaban J connectivity index is 1.48. The Morgan fingerprint density at radius 2 is 2.08 bits per heavy atom. The number of urea groups is 1. The van der Waals surface area contributed by atoms with E-state index in [0.29, 0.717) is 12.5 Å². The van der Waals surface area contributed by atoms with Gasteiger partial charge in [-0.2, -0.15) is 0 Å². The number of hydrogen-bond acceptors (Lipinski definition) is 3. The van der Waals surface area contributed by atoms with Crippen LogP contribution in [0.15, 0.2) is 48.5 Å². The molecular weight excluding hydrogens is 314 g/mol. The van der Waals surface area contributed by atoms with Gasteiger partial charge in [0.2, 0.25) is 0 Å². The van der Waals surface area contributed by atoms with Crippen molar-refractivity contribution < 1.29 is 9.53 Å². The molecule has 3 rings (SSSR count). The zero-order chi connectivity index (χ0) is 17.6. The first kappa shape index (κ1) is 17.1. The molecule has 25 heavy (non-hydrogen) atoms. The van der Waals surface area contributed by atoms with Crippen molar-refractivity contribution in [2.45, 2.75) is 13.3 Å². The lowest BCUT2D eigenvalue weighted by Crippen LogP contribution is -2.34. The minimum absolute atomic E-state index is 0.144. The Hall–Kier alpha value is -2.69. The average molecular weight is 339 g/mol. The molecule has 2 N–H and O–H groups in total. The largest absolute Gasteiger partial charge is 0.497 e. The Morgan fingerprint density at radius 1 is 1.24 bits per heavy atom. The summed E-state index contributed by atoms with van der Waals surface area (Å²) in [5.74, 6) is 1.32. The normalized spacial score (nSPS) is 16.6. The van der Waals surface area contributed by atoms with E-state index < -0.39 is 0 Å². The summed E-state index contributed by atoms with van der Waals surface area (Å²) in [6.45, 7) is 4.60. The Kier molecular flexibility index (Phi) is 5.43. The highest BCUT2D eigenvalue weighted by Crippen LogP contribution is 2.26. The first-order chi connectivity index (χ1) is 12.2. The highest BCUT2D eigenvalue weighted by atomic mass is 16.5. The number of ether oxygens (including phenoxy) is 1. The number of hydrogen-bond donors (Lipinski definition) is 2. The van der Waals surface area contributed by atoms with Crippen LogP contribution in [0.3, 0.4) is 0 Å². The number of anilines is 2. The molecule has 1 saturated heterocycles. The SMILES string of the molecule is COc1cccc(N2CC[C@H](CNC(=O)Nc3ccccc3C)C2)c1. The molecule has 2 aromatic rings. The van der Waals surface area contributed by atoms with E-state index in [9.17, 15) is 4.79 Å². The van der Waals surface area contributed by atoms with Gasteiger partial charge in [0, 0.05) is 37.1 Å². The number of para-hydroxylation sites is 1. The number of benzene rings is 2. The van der Waals surface area contributed by atoms with E-state index in [-0.39, 0.29) is 6.03 Å². The van der Waals surface area contributed by atoms with Crippen LogP contribution >= 0.6 is 0 Å². The van der Waals surface area contributed by atoms with Crippen LogP contribution in [0, 0.1) is 12.8 Å². The molecule has 1 aliphatic heterocycles. The Bertz CT molecular complexity index is 732. The van der Waals surface area contributed by atoms with Gasteiger partial charge >= 0.3 is 6.03 Å². The van der Waals surface area contributed by atoms with Crippen molar-refractivity contribution in [1.82, 2.24) is 5.32 Å². The molecule has 132 valence electrons. The number of carbonyl (C=O) groups is 1. The van der Waals surface area contributed by atoms with Crippen LogP contribution in [0.1, 0.15) is 12.0 Å². The minimum Gasteiger partial charge on any atom is -0.497 e. The Morgan fingerprint density at radius 3 is 2.88 bits per heavy atom. The summed E-state index contributed by atoms with van der Waals surface area (Å²) in [5.41, 5.74) is 3.08. The molecule has 1 aliphatic rings. The number of methoxy groups -OCH3 is 1. The molecule has 0 bridgehead atoms. The third kappa shape index (κ3) is 4.44. The summed E-state index contributed by atoms with van der Waals surface area (Å²) in [4.78, 5) is 14.4. The fraction of sp³-hybridized carbons (Fsp3) is 0.350. The van der Waals surface area contributed by atoms with Crippen LogP contribution in [-0.4, -0.2) is 32.8 Å². The molecular formula is C20H25N3O2. The van der Waals surface area contributed by atoms with Crippen LogP contribution in [0.4, 0.5) is 16.2 Å². The van der Waals surface area contributed by atoms with Gasteiger partial charge in [0.25, 0.3) is 0 Å². The van der Waals surface area contributed by atoms with Crippen LogP contribution in [-0.2, 0) is 0 Å². The predicted molar refractivity (Wildman–Crippen MR) is 102 cm³/mol. The highest BCUT2D eigenvalue weighted by molar-refractivity contribution is 5.90. The van der Waals surface area contributed by atoms with Crippen molar-refractivity contribution >= 4 is 17.4 Å². The maximum absolute atomic E-state index is 12.1. The molecule has 2 amide bonds. The maximum atomic E-state index is 12.1. The second kappa shape index (κ2) is 7.92. The second-order valence-corrected chi connectivity index (χ2v) is 6.45. The molecule has 1 heterocycles. The summed E-state index contributed by atoms with van der Waals surface area (Å²) in [7, 11) is 1.68. The Labute approximate surface area is 149 Å². The standard InChI is InChI=1S/C20H25N3O2/c1-15-6-3-4-9-19(15)22-20(24)21-13-16-10-11-23(14-16)17-7-5-8-18(12-17)25-2/h3-9,12,16H,10-11,13-14H2,1-2H3,(H2,21,22,24)/t16-/m1/s1. The van der Waals surface area contributed by atoms with E-state index in [4.69, 9.17) is 4.74 Å². The van der Waals surface area contributed by atoms with E-state index in [1.165, 1.54) is 5.69 Å². The predicted octanol–water partition coefficient (Wildman–Crippen LogP) is 3.65. The summed E-state index contributed by atoms with van der Waals surface area (Å²) in [6, 6.07) is 15.8. The van der Waals surface area contributed by atoms with Gasteiger partial charge in [0.05, 0.1) is 7.11 Å². The smallest absolute Gasteiger partial charge is 0.319 e. The lowest BCUT2D eigenvalue weighted by Gasteiger charge is -2.19. The van der Waals surface area contributed by atoms with Crippen molar-refractivity contribution in [3.63, 3.8) is 0 Å². The monoisotopic (exact) mass is 339 g/mol. The van der Waals surface area contributed by atoms with E-state index in [0.717, 1.165) is 36.5 Å². The third-order valence-electron chi connectivity index (χ3n) is 4.65. The topological polar surface area (TPSA) is 53.6 Å². The molecule has 2 aromatic carbocycles. The van der Waals surface area contributed by atoms with Crippen LogP contribution in [0.5, 0.6) is 5.75 Å². The summed E-state index contributed by atoms with van der Waals surface area (Å²) in [6.07, 6.45) is 1.07. The second-order valence-electron chi connectivity index (χ2n) is 6.45. The summed E-state index contributed by atoms with van der Waals surface area (Å²) >= 11 is 0. The van der Waals surface area contributed by atoms with Crippen molar-refractivity contribution in [1.29, 1.82) is 0 Å². The lowest BCUT2D eigenvalue weighted by molar-refractivity contribution is 0.250. The third-order valence-corrected chi connectivity index (χ3v) is 4.65. The molecule has 5 heteroatoms. The number of nitrogens with one attached hydrogen (secondary N) is 2. The van der Waals surface area contributed by atoms with Gasteiger partial charge < -0.3 is 20.3 Å². The minimum atomic E-state index is -0.144. The quantitative estimate of drug-likeness (QED) is 0.874. The van der Waals surface area contributed by atoms with E-state index in [2.05, 4.69) is 27.7 Å². The molecule has 1 atom stereocenters. The highest BCUT2D eigenvalue weighted by Gasteiger charge is 2.23. The molecule has 0 aliphatic carbocycles. The fourth-order valence-corrected chi connectivity index (χ4v) is 3.16. The average Bonchev–Trinajstić information content (AvgIpc) is 3.11. The van der Waals surface area contributed by atoms with Crippen LogP contribution < -0.4 is 20.3 Å². The molecule has 1 fully saturated rings. The molecule has 0 spiro atoms. The lowest BCUT2D eigenvalue weighted by atomic mass is 10.1. The van der Waals surface area contributed by atoms with Gasteiger partial charge in [-0.3, -0.25) is 0 Å². The van der Waals surface area contributed by atoms with E-state index >= 15 is 0 Å². The molecule has 0 aromatic heterocycles. The van der Waals surface area contributed by atoms with Gasteiger partial charge in [0.15, 0.2) is 0 Å². The number of nitrogens with zero attached hydrogens (tertiary/aromatic N) is 1. The summed E-state index contributed by atoms with van der Waals surface area (Å²) < 4.78 is 5.29. The van der Waals surface area contributed by atoms with Gasteiger partial charge in [0.1, 0.15) is 5.75 Å². The van der Waals surface area contributed by atoms with E-state index in [1.807, 2.05) is 43.3 Å². The van der Waals surface area contributed by atoms with Gasteiger partial charge in [-0.1, -0.05) is 24.3 Å². The van der Waals surface area contributed by atoms with Crippen LogP contribution in [0.2, 0.25) is 0 Å². The number of amides is 2. The van der Waals surface area contributed by atoms with Gasteiger partial charge in [-0.25, -0.2) is 4.79 Å². The van der Waals surface area contributed by atoms with Crippen molar-refractivity contribution in [3.05, 3.63) is 54.1 Å². The van der Waals surface area contributed by atoms with Crippen molar-refractivity contribution in [2.24, 2.45) is 5.92 Å². The summed E-state index contributed by atoms with van der Waals surface area (Å²) in [5, 5.41) is 5.91. The fourth-order valence-electron chi connectivity index (χ4n) is 3.16. The number of rotatable bonds is 5. The zero-order valence-corrected chi connectivity index (χ0v) is 14.8. The van der Waals surface area contributed by atoms with E-state index in [1.54, 1.807) is 7.11 Å². The first-order valence-electron chi connectivity index (χ1n) is 8.65. The zero-order valence-electron chi connectivity index (χ0n) is 14.8. The van der Waals surface area contributed by atoms with Gasteiger partial charge in [-0.05, 0) is 43.0 Å². The van der Waals surface area contributed by atoms with Crippen molar-refractivity contribution in [3.8, 4) is 5.75 Å². The first-order valence-corrected chi connectivity index (χ1v) is 8.65. The molecule has 0 unspecified atom stereocenters. The maximum Gasteiger partial charge on any atom is 0.319 e. The van der Waals surface area contributed by atoms with Crippen LogP contribution in [0.25, 0.3) is 0 Å². The molecule has 5 nitrogen and oxygen atoms in total. The molecule has 0 radical (unpaired) electrons.